The predicted octanol–water partition coefficient (Wildman–Crippen LogP) is 2.54. The first-order valence-corrected chi connectivity index (χ1v) is 7.11. The number of methoxy groups -OCH3 is 1. The van der Waals surface area contributed by atoms with Crippen molar-refractivity contribution in [3.63, 3.8) is 0 Å². The molecule has 1 rings (SSSR count). The fraction of sp³-hybridized carbons (Fsp3) is 0.500. The number of likely N-dealkylation sites (N-methyl/N-ethyl adjacent to an activating group) is 1. The van der Waals surface area contributed by atoms with Gasteiger partial charge in [-0.25, -0.2) is 0 Å². The number of hydrogen-bond donors (Lipinski definition) is 1. The maximum absolute atomic E-state index is 12.1. The van der Waals surface area contributed by atoms with Crippen LogP contribution in [0.15, 0.2) is 22.7 Å². The molecule has 1 amide bonds. The lowest BCUT2D eigenvalue weighted by Crippen LogP contribution is -2.41. The Hall–Kier alpha value is -1.07. The Morgan fingerprint density at radius 1 is 1.53 bits per heavy atom. The topological polar surface area (TPSA) is 55.6 Å². The van der Waals surface area contributed by atoms with E-state index in [1.165, 1.54) is 0 Å². The summed E-state index contributed by atoms with van der Waals surface area (Å²) in [5.41, 5.74) is 6.81. The fourth-order valence-electron chi connectivity index (χ4n) is 1.92. The minimum Gasteiger partial charge on any atom is -0.496 e. The highest BCUT2D eigenvalue weighted by molar-refractivity contribution is 9.10. The van der Waals surface area contributed by atoms with E-state index in [1.807, 2.05) is 25.1 Å². The standard InChI is InChI=1S/C14H21BrN2O2/c1-4-5-12(16)14(18)17(2)9-10-8-11(15)6-7-13(10)19-3/h6-8,12H,4-5,9,16H2,1-3H3/t12-/m1/s1. The molecule has 4 nitrogen and oxygen atoms in total. The molecule has 0 aliphatic heterocycles. The monoisotopic (exact) mass is 328 g/mol. The van der Waals surface area contributed by atoms with Crippen molar-refractivity contribution < 1.29 is 9.53 Å². The lowest BCUT2D eigenvalue weighted by atomic mass is 10.1. The molecule has 0 aromatic heterocycles. The van der Waals surface area contributed by atoms with Crippen LogP contribution in [0.1, 0.15) is 25.3 Å². The third kappa shape index (κ3) is 4.51. The van der Waals surface area contributed by atoms with Crippen LogP contribution in [-0.4, -0.2) is 31.0 Å². The van der Waals surface area contributed by atoms with E-state index in [9.17, 15) is 4.79 Å². The van der Waals surface area contributed by atoms with Gasteiger partial charge in [0.05, 0.1) is 13.2 Å². The van der Waals surface area contributed by atoms with E-state index in [2.05, 4.69) is 15.9 Å². The van der Waals surface area contributed by atoms with E-state index >= 15 is 0 Å². The highest BCUT2D eigenvalue weighted by Gasteiger charge is 2.18. The van der Waals surface area contributed by atoms with Gasteiger partial charge in [0.15, 0.2) is 0 Å². The molecule has 0 aliphatic rings. The smallest absolute Gasteiger partial charge is 0.239 e. The average molecular weight is 329 g/mol. The molecule has 0 fully saturated rings. The Balaban J connectivity index is 2.78. The molecular formula is C14H21BrN2O2. The van der Waals surface area contributed by atoms with E-state index in [0.29, 0.717) is 13.0 Å². The van der Waals surface area contributed by atoms with Gasteiger partial charge in [-0.2, -0.15) is 0 Å². The zero-order chi connectivity index (χ0) is 14.4. The lowest BCUT2D eigenvalue weighted by Gasteiger charge is -2.22. The maximum Gasteiger partial charge on any atom is 0.239 e. The summed E-state index contributed by atoms with van der Waals surface area (Å²) in [7, 11) is 3.38. The molecule has 1 aromatic carbocycles. The first-order chi connectivity index (χ1) is 8.99. The Morgan fingerprint density at radius 2 is 2.21 bits per heavy atom. The molecule has 1 aromatic rings. The summed E-state index contributed by atoms with van der Waals surface area (Å²) >= 11 is 3.42. The van der Waals surface area contributed by atoms with Crippen molar-refractivity contribution >= 4 is 21.8 Å². The Labute approximate surface area is 123 Å². The van der Waals surface area contributed by atoms with Crippen molar-refractivity contribution in [2.45, 2.75) is 32.4 Å². The number of carbonyl (C=O) groups excluding carboxylic acids is 1. The van der Waals surface area contributed by atoms with Gasteiger partial charge in [0.2, 0.25) is 5.91 Å². The minimum atomic E-state index is -0.423. The predicted molar refractivity (Wildman–Crippen MR) is 80.1 cm³/mol. The van der Waals surface area contributed by atoms with E-state index in [0.717, 1.165) is 22.2 Å². The van der Waals surface area contributed by atoms with E-state index in [1.54, 1.807) is 19.1 Å². The number of rotatable bonds is 6. The van der Waals surface area contributed by atoms with Crippen LogP contribution in [0.3, 0.4) is 0 Å². The first kappa shape index (κ1) is 16.0. The van der Waals surface area contributed by atoms with Crippen molar-refractivity contribution in [2.75, 3.05) is 14.2 Å². The lowest BCUT2D eigenvalue weighted by molar-refractivity contribution is -0.132. The Bertz CT molecular complexity index is 437. The van der Waals surface area contributed by atoms with Crippen molar-refractivity contribution in [1.82, 2.24) is 4.90 Å². The fourth-order valence-corrected chi connectivity index (χ4v) is 2.33. The van der Waals surface area contributed by atoms with E-state index in [-0.39, 0.29) is 5.91 Å². The zero-order valence-electron chi connectivity index (χ0n) is 11.6. The van der Waals surface area contributed by atoms with Gasteiger partial charge in [0.25, 0.3) is 0 Å². The summed E-state index contributed by atoms with van der Waals surface area (Å²) in [4.78, 5) is 13.7. The molecule has 106 valence electrons. The van der Waals surface area contributed by atoms with Crippen LogP contribution in [0.25, 0.3) is 0 Å². The summed E-state index contributed by atoms with van der Waals surface area (Å²) in [5, 5.41) is 0. The largest absolute Gasteiger partial charge is 0.496 e. The molecular weight excluding hydrogens is 308 g/mol. The summed E-state index contributed by atoms with van der Waals surface area (Å²) in [6, 6.07) is 5.32. The van der Waals surface area contributed by atoms with Crippen LogP contribution in [0.2, 0.25) is 0 Å². The van der Waals surface area contributed by atoms with Gasteiger partial charge < -0.3 is 15.4 Å². The van der Waals surface area contributed by atoms with E-state index < -0.39 is 6.04 Å². The van der Waals surface area contributed by atoms with Gasteiger partial charge in [0, 0.05) is 23.6 Å². The van der Waals surface area contributed by atoms with Gasteiger partial charge >= 0.3 is 0 Å². The van der Waals surface area contributed by atoms with Gasteiger partial charge in [0.1, 0.15) is 5.75 Å². The molecule has 1 atom stereocenters. The molecule has 0 unspecified atom stereocenters. The van der Waals surface area contributed by atoms with Gasteiger partial charge in [-0.15, -0.1) is 0 Å². The molecule has 19 heavy (non-hydrogen) atoms. The summed E-state index contributed by atoms with van der Waals surface area (Å²) < 4.78 is 6.26. The Kier molecular flexibility index (Phi) is 6.31. The Morgan fingerprint density at radius 3 is 2.79 bits per heavy atom. The number of carbonyl (C=O) groups is 1. The van der Waals surface area contributed by atoms with Gasteiger partial charge in [-0.1, -0.05) is 29.3 Å². The summed E-state index contributed by atoms with van der Waals surface area (Å²) in [6.45, 7) is 2.50. The molecule has 2 N–H and O–H groups in total. The molecule has 0 spiro atoms. The second-order valence-electron chi connectivity index (χ2n) is 4.55. The summed E-state index contributed by atoms with van der Waals surface area (Å²) in [5.74, 6) is 0.732. The molecule has 0 aliphatic carbocycles. The number of nitrogens with zero attached hydrogens (tertiary/aromatic N) is 1. The molecule has 0 saturated carbocycles. The average Bonchev–Trinajstić information content (AvgIpc) is 2.38. The van der Waals surface area contributed by atoms with Crippen LogP contribution >= 0.6 is 15.9 Å². The highest BCUT2D eigenvalue weighted by Crippen LogP contribution is 2.24. The zero-order valence-corrected chi connectivity index (χ0v) is 13.2. The normalized spacial score (nSPS) is 12.1. The first-order valence-electron chi connectivity index (χ1n) is 6.32. The van der Waals surface area contributed by atoms with E-state index in [4.69, 9.17) is 10.5 Å². The SMILES string of the molecule is CCC[C@@H](N)C(=O)N(C)Cc1cc(Br)ccc1OC. The van der Waals surface area contributed by atoms with Crippen molar-refractivity contribution in [3.05, 3.63) is 28.2 Å². The minimum absolute atomic E-state index is 0.0381. The maximum atomic E-state index is 12.1. The number of amides is 1. The summed E-state index contributed by atoms with van der Waals surface area (Å²) in [6.07, 6.45) is 1.61. The molecule has 5 heteroatoms. The van der Waals surface area contributed by atoms with Crippen LogP contribution < -0.4 is 10.5 Å². The second kappa shape index (κ2) is 7.50. The highest BCUT2D eigenvalue weighted by atomic mass is 79.9. The van der Waals surface area contributed by atoms with Crippen LogP contribution in [0.4, 0.5) is 0 Å². The van der Waals surface area contributed by atoms with Crippen molar-refractivity contribution in [1.29, 1.82) is 0 Å². The number of benzene rings is 1. The van der Waals surface area contributed by atoms with Gasteiger partial charge in [-0.05, 0) is 24.6 Å². The molecule has 0 bridgehead atoms. The molecule has 0 radical (unpaired) electrons. The molecule has 0 heterocycles. The van der Waals surface area contributed by atoms with Crippen molar-refractivity contribution in [2.24, 2.45) is 5.73 Å². The van der Waals surface area contributed by atoms with Gasteiger partial charge in [-0.3, -0.25) is 4.79 Å². The van der Waals surface area contributed by atoms with Crippen LogP contribution in [-0.2, 0) is 11.3 Å². The van der Waals surface area contributed by atoms with Crippen molar-refractivity contribution in [3.8, 4) is 5.75 Å². The second-order valence-corrected chi connectivity index (χ2v) is 5.46. The molecule has 0 saturated heterocycles. The number of hydrogen-bond acceptors (Lipinski definition) is 3. The van der Waals surface area contributed by atoms with Crippen LogP contribution in [0, 0.1) is 0 Å². The number of halogens is 1. The third-order valence-corrected chi connectivity index (χ3v) is 3.44. The van der Waals surface area contributed by atoms with Crippen LogP contribution in [0.5, 0.6) is 5.75 Å². The third-order valence-electron chi connectivity index (χ3n) is 2.94. The number of ether oxygens (including phenoxy) is 1. The quantitative estimate of drug-likeness (QED) is 0.873. The number of nitrogens with two attached hydrogens (primary N) is 1.